The molecule has 0 spiro atoms. The van der Waals surface area contributed by atoms with Gasteiger partial charge >= 0.3 is 0 Å². The van der Waals surface area contributed by atoms with Gasteiger partial charge in [0.2, 0.25) is 0 Å². The van der Waals surface area contributed by atoms with Crippen molar-refractivity contribution in [2.45, 2.75) is 18.9 Å². The van der Waals surface area contributed by atoms with E-state index < -0.39 is 0 Å². The van der Waals surface area contributed by atoms with Crippen LogP contribution in [0.5, 0.6) is 0 Å². The second kappa shape index (κ2) is 8.04. The smallest absolute Gasteiger partial charge is 0.125 e. The average molecular weight is 389 g/mol. The molecule has 1 saturated heterocycles. The molecule has 3 heterocycles. The minimum absolute atomic E-state index is 0.269. The van der Waals surface area contributed by atoms with E-state index in [4.69, 9.17) is 4.74 Å². The van der Waals surface area contributed by atoms with Gasteiger partial charge in [0.15, 0.2) is 0 Å². The van der Waals surface area contributed by atoms with Crippen LogP contribution in [-0.2, 0) is 4.74 Å². The number of anilines is 2. The van der Waals surface area contributed by atoms with Gasteiger partial charge in [-0.05, 0) is 55.5 Å². The largest absolute Gasteiger partial charge is 0.385 e. The zero-order valence-corrected chi connectivity index (χ0v) is 16.6. The van der Waals surface area contributed by atoms with Crippen LogP contribution in [0, 0.1) is 5.82 Å². The highest BCUT2D eigenvalue weighted by Gasteiger charge is 2.32. The lowest BCUT2D eigenvalue weighted by Gasteiger charge is -2.41. The average Bonchev–Trinajstić information content (AvgIpc) is 2.84. The molecule has 144 valence electrons. The maximum absolute atomic E-state index is 14.1. The van der Waals surface area contributed by atoms with Crippen molar-refractivity contribution in [1.29, 1.82) is 0 Å². The Hall–Kier alpha value is -1.83. The number of piperazine rings is 1. The van der Waals surface area contributed by atoms with E-state index in [-0.39, 0.29) is 5.82 Å². The van der Waals surface area contributed by atoms with Gasteiger partial charge in [-0.3, -0.25) is 9.88 Å². The number of nitrogens with one attached hydrogen (secondary N) is 1. The predicted molar refractivity (Wildman–Crippen MR) is 111 cm³/mol. The molecule has 0 radical (unpaired) electrons. The van der Waals surface area contributed by atoms with Crippen LogP contribution in [0.4, 0.5) is 15.8 Å². The first-order valence-corrected chi connectivity index (χ1v) is 10.2. The summed E-state index contributed by atoms with van der Waals surface area (Å²) in [7, 11) is 3.94. The summed E-state index contributed by atoms with van der Waals surface area (Å²) in [6.45, 7) is 3.67. The molecule has 0 amide bonds. The van der Waals surface area contributed by atoms with E-state index in [0.29, 0.717) is 6.04 Å². The normalized spacial score (nSPS) is 20.0. The second-order valence-corrected chi connectivity index (χ2v) is 7.82. The number of hydrogen-bond donors (Lipinski definition) is 1. The minimum atomic E-state index is -0.269. The summed E-state index contributed by atoms with van der Waals surface area (Å²) < 4.78 is 22.6. The monoisotopic (exact) mass is 388 g/mol. The summed E-state index contributed by atoms with van der Waals surface area (Å²) in [6, 6.07) is 3.47. The van der Waals surface area contributed by atoms with E-state index in [9.17, 15) is 4.39 Å². The summed E-state index contributed by atoms with van der Waals surface area (Å²) >= 11 is 1.51. The summed E-state index contributed by atoms with van der Waals surface area (Å²) in [5.74, 6) is -0.269. The Labute approximate surface area is 164 Å². The quantitative estimate of drug-likeness (QED) is 0.619. The van der Waals surface area contributed by atoms with Crippen molar-refractivity contribution in [3.63, 3.8) is 0 Å². The Morgan fingerprint density at radius 1 is 1.41 bits per heavy atom. The molecular weight excluding hydrogens is 363 g/mol. The Morgan fingerprint density at radius 3 is 3.15 bits per heavy atom. The van der Waals surface area contributed by atoms with Crippen molar-refractivity contribution < 1.29 is 9.13 Å². The maximum Gasteiger partial charge on any atom is 0.125 e. The molecule has 27 heavy (non-hydrogen) atoms. The van der Waals surface area contributed by atoms with Gasteiger partial charge in [0, 0.05) is 56.7 Å². The molecular formula is C20H25FN4OS. The zero-order valence-electron chi connectivity index (χ0n) is 15.7. The lowest BCUT2D eigenvalue weighted by molar-refractivity contribution is 0.162. The fraction of sp³-hybridized carbons (Fsp3) is 0.450. The van der Waals surface area contributed by atoms with Gasteiger partial charge in [-0.1, -0.05) is 0 Å². The van der Waals surface area contributed by atoms with Crippen molar-refractivity contribution in [3.8, 4) is 11.3 Å². The number of likely N-dealkylation sites (N-methyl/N-ethyl adjacent to an activating group) is 1. The standard InChI is InChI=1S/C20H25FN4OS/c1-24-8-9-25(13-15(24)4-3-10-26-2)20-16-6-11-27-23-18(16)17-12-14(21)5-7-22-19(17)20/h5-7,11-12,15,23H,3-4,8-10,13H2,1-2H3/t15-/m0/s1. The van der Waals surface area contributed by atoms with Crippen molar-refractivity contribution in [1.82, 2.24) is 9.88 Å². The SMILES string of the molecule is COCCC[C@H]1CN(c2c3nccc(F)cc-3c3c2C=CSN3)CCN1C. The van der Waals surface area contributed by atoms with E-state index in [1.54, 1.807) is 19.4 Å². The Balaban J connectivity index is 1.70. The molecule has 3 aliphatic heterocycles. The van der Waals surface area contributed by atoms with E-state index >= 15 is 0 Å². The van der Waals surface area contributed by atoms with E-state index in [2.05, 4.69) is 32.6 Å². The molecule has 0 unspecified atom stereocenters. The third-order valence-corrected chi connectivity index (χ3v) is 6.03. The number of ether oxygens (including phenoxy) is 1. The minimum Gasteiger partial charge on any atom is -0.385 e. The van der Waals surface area contributed by atoms with Gasteiger partial charge in [-0.25, -0.2) is 4.39 Å². The van der Waals surface area contributed by atoms with Crippen LogP contribution in [0.3, 0.4) is 0 Å². The first kappa shape index (κ1) is 18.5. The van der Waals surface area contributed by atoms with Crippen LogP contribution in [0.1, 0.15) is 18.4 Å². The van der Waals surface area contributed by atoms with Gasteiger partial charge in [-0.15, -0.1) is 0 Å². The molecule has 0 aromatic rings. The van der Waals surface area contributed by atoms with Crippen molar-refractivity contribution >= 4 is 29.4 Å². The highest BCUT2D eigenvalue weighted by Crippen LogP contribution is 2.49. The lowest BCUT2D eigenvalue weighted by Crippen LogP contribution is -2.51. The summed E-state index contributed by atoms with van der Waals surface area (Å²) in [6.07, 6.45) is 5.83. The Kier molecular flexibility index (Phi) is 5.52. The van der Waals surface area contributed by atoms with Gasteiger partial charge in [0.1, 0.15) is 5.82 Å². The molecule has 4 rings (SSSR count). The number of hydrogen-bond acceptors (Lipinski definition) is 6. The fourth-order valence-electron chi connectivity index (χ4n) is 3.99. The number of nitrogens with zero attached hydrogens (tertiary/aromatic N) is 3. The third-order valence-electron chi connectivity index (χ3n) is 5.44. The number of fused-ring (bicyclic) bond motifs is 3. The molecule has 7 heteroatoms. The summed E-state index contributed by atoms with van der Waals surface area (Å²) in [4.78, 5) is 9.46. The maximum atomic E-state index is 14.1. The number of halogens is 1. The topological polar surface area (TPSA) is 40.6 Å². The molecule has 4 aliphatic rings. The Morgan fingerprint density at radius 2 is 2.30 bits per heavy atom. The molecule has 5 nitrogen and oxygen atoms in total. The molecule has 0 aromatic carbocycles. The number of rotatable bonds is 5. The van der Waals surface area contributed by atoms with Crippen molar-refractivity contribution in [3.05, 3.63) is 35.1 Å². The van der Waals surface area contributed by atoms with E-state index in [1.165, 1.54) is 18.0 Å². The fourth-order valence-corrected chi connectivity index (χ4v) is 4.60. The van der Waals surface area contributed by atoms with Crippen LogP contribution in [0.25, 0.3) is 17.3 Å². The lowest BCUT2D eigenvalue weighted by atomic mass is 10.1. The van der Waals surface area contributed by atoms with Crippen LogP contribution in [-0.4, -0.2) is 56.3 Å². The van der Waals surface area contributed by atoms with Crippen LogP contribution in [0.15, 0.2) is 23.7 Å². The van der Waals surface area contributed by atoms with Crippen LogP contribution in [0.2, 0.25) is 0 Å². The molecule has 0 bridgehead atoms. The van der Waals surface area contributed by atoms with Crippen LogP contribution >= 0.6 is 11.9 Å². The first-order valence-electron chi connectivity index (χ1n) is 9.32. The predicted octanol–water partition coefficient (Wildman–Crippen LogP) is 3.92. The second-order valence-electron chi connectivity index (χ2n) is 7.11. The first-order chi connectivity index (χ1) is 13.2. The molecule has 0 saturated carbocycles. The van der Waals surface area contributed by atoms with Crippen LogP contribution < -0.4 is 9.62 Å². The highest BCUT2D eigenvalue weighted by atomic mass is 32.2. The number of aromatic nitrogens is 1. The van der Waals surface area contributed by atoms with Gasteiger partial charge in [-0.2, -0.15) is 0 Å². The van der Waals surface area contributed by atoms with Gasteiger partial charge in [0.05, 0.1) is 17.1 Å². The van der Waals surface area contributed by atoms with Crippen molar-refractivity contribution in [2.75, 3.05) is 50.0 Å². The molecule has 1 atom stereocenters. The summed E-state index contributed by atoms with van der Waals surface area (Å²) in [5, 5.41) is 2.03. The van der Waals surface area contributed by atoms with Gasteiger partial charge in [0.25, 0.3) is 0 Å². The number of methoxy groups -OCH3 is 1. The van der Waals surface area contributed by atoms with Crippen molar-refractivity contribution in [2.24, 2.45) is 0 Å². The molecule has 1 aliphatic carbocycles. The zero-order chi connectivity index (χ0) is 18.8. The highest BCUT2D eigenvalue weighted by molar-refractivity contribution is 8.03. The Bertz CT molecular complexity index is 815. The van der Waals surface area contributed by atoms with Gasteiger partial charge < -0.3 is 14.4 Å². The molecule has 1 N–H and O–H groups in total. The van der Waals surface area contributed by atoms with E-state index in [0.717, 1.165) is 67.3 Å². The molecule has 0 aromatic heterocycles. The third kappa shape index (κ3) is 3.63. The molecule has 1 fully saturated rings. The van der Waals surface area contributed by atoms with E-state index in [1.807, 2.05) is 5.41 Å². The summed E-state index contributed by atoms with van der Waals surface area (Å²) in [5.41, 5.74) is 4.90.